The Kier molecular flexibility index (Phi) is 6.91. The summed E-state index contributed by atoms with van der Waals surface area (Å²) in [4.78, 5) is 38.7. The number of nitrogens with zero attached hydrogens (tertiary/aromatic N) is 1. The summed E-state index contributed by atoms with van der Waals surface area (Å²) >= 11 is 0. The molecule has 0 spiro atoms. The second-order valence-corrected chi connectivity index (χ2v) is 9.43. The van der Waals surface area contributed by atoms with Crippen molar-refractivity contribution in [3.8, 4) is 11.1 Å². The zero-order valence-electron chi connectivity index (χ0n) is 19.8. The van der Waals surface area contributed by atoms with Gasteiger partial charge in [-0.15, -0.1) is 0 Å². The first kappa shape index (κ1) is 23.8. The summed E-state index contributed by atoms with van der Waals surface area (Å²) < 4.78 is 5.57. The smallest absolute Gasteiger partial charge is 0.407 e. The van der Waals surface area contributed by atoms with Crippen molar-refractivity contribution >= 4 is 18.0 Å². The molecular formula is C27H32N2O5. The van der Waals surface area contributed by atoms with Gasteiger partial charge in [0.25, 0.3) is 0 Å². The van der Waals surface area contributed by atoms with E-state index in [4.69, 9.17) is 4.74 Å². The third-order valence-electron chi connectivity index (χ3n) is 7.25. The Labute approximate surface area is 200 Å². The molecule has 0 saturated carbocycles. The molecule has 34 heavy (non-hydrogen) atoms. The summed E-state index contributed by atoms with van der Waals surface area (Å²) in [6, 6.07) is 15.9. The summed E-state index contributed by atoms with van der Waals surface area (Å²) in [6.45, 7) is 4.59. The fourth-order valence-electron chi connectivity index (χ4n) is 5.24. The van der Waals surface area contributed by atoms with Gasteiger partial charge in [0.05, 0.1) is 5.41 Å². The molecule has 1 saturated heterocycles. The van der Waals surface area contributed by atoms with Crippen LogP contribution in [0.4, 0.5) is 4.79 Å². The van der Waals surface area contributed by atoms with E-state index in [9.17, 15) is 19.5 Å². The quantitative estimate of drug-likeness (QED) is 0.633. The van der Waals surface area contributed by atoms with E-state index in [0.29, 0.717) is 25.8 Å². The lowest BCUT2D eigenvalue weighted by atomic mass is 9.77. The number of carbonyl (C=O) groups is 3. The molecule has 4 rings (SSSR count). The van der Waals surface area contributed by atoms with Crippen LogP contribution in [0.25, 0.3) is 11.1 Å². The van der Waals surface area contributed by atoms with E-state index in [2.05, 4.69) is 29.6 Å². The average molecular weight is 465 g/mol. The van der Waals surface area contributed by atoms with Crippen molar-refractivity contribution < 1.29 is 24.2 Å². The van der Waals surface area contributed by atoms with E-state index in [-0.39, 0.29) is 31.4 Å². The first-order valence-corrected chi connectivity index (χ1v) is 12.0. The van der Waals surface area contributed by atoms with Crippen molar-refractivity contribution in [2.45, 2.75) is 51.5 Å². The molecule has 2 aromatic rings. The highest BCUT2D eigenvalue weighted by atomic mass is 16.5. The number of carbonyl (C=O) groups excluding carboxylic acids is 2. The number of nitrogens with one attached hydrogen (secondary N) is 1. The van der Waals surface area contributed by atoms with Gasteiger partial charge in [-0.05, 0) is 48.4 Å². The van der Waals surface area contributed by atoms with Crippen LogP contribution in [-0.2, 0) is 14.3 Å². The summed E-state index contributed by atoms with van der Waals surface area (Å²) in [7, 11) is 0. The molecule has 2 aliphatic rings. The average Bonchev–Trinajstić information content (AvgIpc) is 3.16. The van der Waals surface area contributed by atoms with Crippen LogP contribution in [0.5, 0.6) is 0 Å². The maximum atomic E-state index is 12.8. The number of aliphatic carboxylic acids is 1. The van der Waals surface area contributed by atoms with Crippen molar-refractivity contribution in [2.24, 2.45) is 5.41 Å². The Morgan fingerprint density at radius 1 is 1.12 bits per heavy atom. The van der Waals surface area contributed by atoms with Gasteiger partial charge in [0.1, 0.15) is 6.61 Å². The molecule has 1 unspecified atom stereocenters. The number of alkyl carbamates (subject to hydrolysis) is 1. The highest BCUT2D eigenvalue weighted by Gasteiger charge is 2.42. The molecule has 7 nitrogen and oxygen atoms in total. The van der Waals surface area contributed by atoms with Crippen LogP contribution in [0, 0.1) is 5.41 Å². The van der Waals surface area contributed by atoms with Gasteiger partial charge in [-0.2, -0.15) is 0 Å². The number of hydrogen-bond acceptors (Lipinski definition) is 4. The maximum absolute atomic E-state index is 12.8. The molecule has 7 heteroatoms. The molecule has 0 bridgehead atoms. The molecule has 1 aliphatic carbocycles. The van der Waals surface area contributed by atoms with Crippen LogP contribution < -0.4 is 5.32 Å². The third-order valence-corrected chi connectivity index (χ3v) is 7.25. The number of hydrogen-bond donors (Lipinski definition) is 2. The Morgan fingerprint density at radius 2 is 1.74 bits per heavy atom. The second kappa shape index (κ2) is 9.87. The van der Waals surface area contributed by atoms with E-state index in [0.717, 1.165) is 22.3 Å². The van der Waals surface area contributed by atoms with Crippen molar-refractivity contribution in [3.05, 3.63) is 59.7 Å². The molecule has 1 aliphatic heterocycles. The SMILES string of the molecule is CCC1(C(=O)O)CCCN(C(=O)C[C@H](C)NC(=O)OCC2c3ccccc3-c3ccccc32)C1. The van der Waals surface area contributed by atoms with Crippen molar-refractivity contribution in [2.75, 3.05) is 19.7 Å². The zero-order chi connectivity index (χ0) is 24.3. The van der Waals surface area contributed by atoms with Crippen LogP contribution in [0.15, 0.2) is 48.5 Å². The van der Waals surface area contributed by atoms with Crippen molar-refractivity contribution in [1.29, 1.82) is 0 Å². The number of ether oxygens (including phenoxy) is 1. The number of rotatable bonds is 7. The highest BCUT2D eigenvalue weighted by molar-refractivity contribution is 5.81. The molecular weight excluding hydrogens is 432 g/mol. The van der Waals surface area contributed by atoms with Crippen molar-refractivity contribution in [1.82, 2.24) is 10.2 Å². The summed E-state index contributed by atoms with van der Waals surface area (Å²) in [5, 5.41) is 12.4. The van der Waals surface area contributed by atoms with Crippen LogP contribution in [0.2, 0.25) is 0 Å². The van der Waals surface area contributed by atoms with Gasteiger partial charge >= 0.3 is 12.1 Å². The first-order chi connectivity index (χ1) is 16.3. The standard InChI is InChI=1S/C27H32N2O5/c1-3-27(25(31)32)13-8-14-29(17-27)24(30)15-18(2)28-26(33)34-16-23-21-11-6-4-9-19(21)20-10-5-7-12-22(20)23/h4-7,9-12,18,23H,3,8,13-17H2,1-2H3,(H,28,33)(H,31,32)/t18-,27?/m0/s1. The number of piperidine rings is 1. The fraction of sp³-hybridized carbons (Fsp3) is 0.444. The molecule has 1 fully saturated rings. The van der Waals surface area contributed by atoms with E-state index < -0.39 is 23.5 Å². The van der Waals surface area contributed by atoms with Crippen LogP contribution >= 0.6 is 0 Å². The lowest BCUT2D eigenvalue weighted by molar-refractivity contribution is -0.155. The zero-order valence-corrected chi connectivity index (χ0v) is 19.8. The monoisotopic (exact) mass is 464 g/mol. The lowest BCUT2D eigenvalue weighted by Gasteiger charge is -2.39. The van der Waals surface area contributed by atoms with Gasteiger partial charge < -0.3 is 20.1 Å². The minimum Gasteiger partial charge on any atom is -0.481 e. The van der Waals surface area contributed by atoms with Gasteiger partial charge in [-0.25, -0.2) is 4.79 Å². The lowest BCUT2D eigenvalue weighted by Crippen LogP contribution is -2.50. The van der Waals surface area contributed by atoms with Crippen LogP contribution in [-0.4, -0.2) is 53.7 Å². The third kappa shape index (κ3) is 4.65. The van der Waals surface area contributed by atoms with Crippen LogP contribution in [0.1, 0.15) is 56.6 Å². The van der Waals surface area contributed by atoms with Gasteiger partial charge in [0.15, 0.2) is 0 Å². The normalized spacial score (nSPS) is 20.2. The van der Waals surface area contributed by atoms with E-state index in [1.807, 2.05) is 31.2 Å². The number of benzene rings is 2. The minimum absolute atomic E-state index is 0.0263. The van der Waals surface area contributed by atoms with Gasteiger partial charge in [-0.1, -0.05) is 55.5 Å². The first-order valence-electron chi connectivity index (χ1n) is 12.0. The number of fused-ring (bicyclic) bond motifs is 3. The topological polar surface area (TPSA) is 95.9 Å². The predicted octanol–water partition coefficient (Wildman–Crippen LogP) is 4.41. The second-order valence-electron chi connectivity index (χ2n) is 9.43. The van der Waals surface area contributed by atoms with E-state index in [1.165, 1.54) is 0 Å². The number of carboxylic acids is 1. The number of carboxylic acid groups (broad SMARTS) is 1. The summed E-state index contributed by atoms with van der Waals surface area (Å²) in [5.41, 5.74) is 3.73. The Hall–Kier alpha value is -3.35. The maximum Gasteiger partial charge on any atom is 0.407 e. The minimum atomic E-state index is -0.878. The largest absolute Gasteiger partial charge is 0.481 e. The summed E-state index contributed by atoms with van der Waals surface area (Å²) in [5.74, 6) is -1.02. The Balaban J connectivity index is 1.31. The van der Waals surface area contributed by atoms with E-state index >= 15 is 0 Å². The molecule has 2 N–H and O–H groups in total. The molecule has 2 amide bonds. The van der Waals surface area contributed by atoms with Crippen molar-refractivity contribution in [3.63, 3.8) is 0 Å². The molecule has 2 aromatic carbocycles. The predicted molar refractivity (Wildman–Crippen MR) is 128 cm³/mol. The Bertz CT molecular complexity index is 1040. The molecule has 2 atom stereocenters. The number of likely N-dealkylation sites (tertiary alicyclic amines) is 1. The Morgan fingerprint density at radius 3 is 2.32 bits per heavy atom. The fourth-order valence-corrected chi connectivity index (χ4v) is 5.24. The van der Waals surface area contributed by atoms with Gasteiger partial charge in [0, 0.05) is 31.5 Å². The van der Waals surface area contributed by atoms with Gasteiger partial charge in [0.2, 0.25) is 5.91 Å². The number of amides is 2. The van der Waals surface area contributed by atoms with Gasteiger partial charge in [-0.3, -0.25) is 9.59 Å². The molecule has 180 valence electrons. The van der Waals surface area contributed by atoms with Crippen LogP contribution in [0.3, 0.4) is 0 Å². The molecule has 0 radical (unpaired) electrons. The highest BCUT2D eigenvalue weighted by Crippen LogP contribution is 2.44. The van der Waals surface area contributed by atoms with E-state index in [1.54, 1.807) is 11.8 Å². The molecule has 1 heterocycles. The summed E-state index contributed by atoms with van der Waals surface area (Å²) in [6.07, 6.45) is 1.27. The molecule has 0 aromatic heterocycles.